The molecule has 1 aliphatic carbocycles. The Morgan fingerprint density at radius 1 is 1.17 bits per heavy atom. The monoisotopic (exact) mass is 326 g/mol. The lowest BCUT2D eigenvalue weighted by Gasteiger charge is -2.18. The molecule has 0 bridgehead atoms. The zero-order valence-corrected chi connectivity index (χ0v) is 13.4. The summed E-state index contributed by atoms with van der Waals surface area (Å²) in [5.41, 5.74) is 6.32. The molecule has 1 aliphatic rings. The number of benzene rings is 1. The van der Waals surface area contributed by atoms with E-state index in [0.29, 0.717) is 10.9 Å². The number of hydrogen-bond donors (Lipinski definition) is 2. The Labute approximate surface area is 139 Å². The van der Waals surface area contributed by atoms with Crippen LogP contribution in [0.25, 0.3) is 22.2 Å². The largest absolute Gasteiger partial charge is 0.507 e. The van der Waals surface area contributed by atoms with Gasteiger partial charge in [0.05, 0.1) is 5.56 Å². The first-order chi connectivity index (χ1) is 11.6. The fraction of sp³-hybridized carbons (Fsp3) is 0.278. The van der Waals surface area contributed by atoms with E-state index in [1.807, 2.05) is 0 Å². The summed E-state index contributed by atoms with van der Waals surface area (Å²) in [6.45, 7) is 2.31. The van der Waals surface area contributed by atoms with Gasteiger partial charge in [0.25, 0.3) is 0 Å². The molecule has 124 valence electrons. The van der Waals surface area contributed by atoms with Gasteiger partial charge in [-0.1, -0.05) is 32.3 Å². The number of halogens is 1. The minimum Gasteiger partial charge on any atom is -0.507 e. The van der Waals surface area contributed by atoms with Gasteiger partial charge in [0, 0.05) is 11.6 Å². The predicted molar refractivity (Wildman–Crippen MR) is 91.8 cm³/mol. The topological polar surface area (TPSA) is 84.9 Å². The van der Waals surface area contributed by atoms with Crippen molar-refractivity contribution in [1.82, 2.24) is 15.2 Å². The van der Waals surface area contributed by atoms with Gasteiger partial charge in [-0.15, -0.1) is 10.2 Å². The predicted octanol–water partition coefficient (Wildman–Crippen LogP) is 3.93. The van der Waals surface area contributed by atoms with Gasteiger partial charge in [-0.3, -0.25) is 4.98 Å². The van der Waals surface area contributed by atoms with Gasteiger partial charge in [0.15, 0.2) is 5.82 Å². The third-order valence-corrected chi connectivity index (χ3v) is 4.19. The van der Waals surface area contributed by atoms with Crippen molar-refractivity contribution in [3.63, 3.8) is 0 Å². The molecule has 2 heterocycles. The van der Waals surface area contributed by atoms with Crippen molar-refractivity contribution in [3.8, 4) is 17.0 Å². The number of anilines is 1. The molecule has 2 aromatic heterocycles. The van der Waals surface area contributed by atoms with Crippen LogP contribution in [0.4, 0.5) is 10.2 Å². The van der Waals surface area contributed by atoms with Crippen LogP contribution in [0.3, 0.4) is 0 Å². The minimum absolute atomic E-state index is 0.00648. The third kappa shape index (κ3) is 3.13. The summed E-state index contributed by atoms with van der Waals surface area (Å²) >= 11 is 0. The van der Waals surface area contributed by atoms with Gasteiger partial charge in [-0.2, -0.15) is 0 Å². The number of aromatic hydroxyl groups is 1. The Hall–Kier alpha value is -2.76. The molecule has 6 heteroatoms. The van der Waals surface area contributed by atoms with Crippen LogP contribution >= 0.6 is 0 Å². The van der Waals surface area contributed by atoms with E-state index in [2.05, 4.69) is 22.1 Å². The molecule has 1 aromatic carbocycles. The summed E-state index contributed by atoms with van der Waals surface area (Å²) in [5, 5.41) is 18.0. The number of hydrogen-bond acceptors (Lipinski definition) is 5. The summed E-state index contributed by atoms with van der Waals surface area (Å²) in [5.74, 6) is 0.443. The normalized spacial score (nSPS) is 13.9. The van der Waals surface area contributed by atoms with Gasteiger partial charge in [0.1, 0.15) is 22.8 Å². The van der Waals surface area contributed by atoms with Crippen LogP contribution in [0.15, 0.2) is 36.5 Å². The molecule has 5 nitrogen and oxygen atoms in total. The van der Waals surface area contributed by atoms with Crippen molar-refractivity contribution in [2.75, 3.05) is 5.73 Å². The van der Waals surface area contributed by atoms with E-state index in [1.54, 1.807) is 18.3 Å². The molecule has 24 heavy (non-hydrogen) atoms. The van der Waals surface area contributed by atoms with E-state index in [-0.39, 0.29) is 22.8 Å². The number of fused-ring (bicyclic) bond motifs is 1. The fourth-order valence-electron chi connectivity index (χ4n) is 2.55. The Bertz CT molecular complexity index is 845. The lowest BCUT2D eigenvalue weighted by Crippen LogP contribution is -2.04. The van der Waals surface area contributed by atoms with Crippen molar-refractivity contribution in [3.05, 3.63) is 42.3 Å². The summed E-state index contributed by atoms with van der Waals surface area (Å²) < 4.78 is 13.9. The first-order valence-corrected chi connectivity index (χ1v) is 7.92. The molecule has 4 rings (SSSR count). The van der Waals surface area contributed by atoms with Gasteiger partial charge < -0.3 is 10.8 Å². The highest BCUT2D eigenvalue weighted by Crippen LogP contribution is 2.34. The molecule has 3 aromatic rings. The maximum Gasteiger partial charge on any atom is 0.172 e. The van der Waals surface area contributed by atoms with Crippen molar-refractivity contribution in [1.29, 1.82) is 0 Å². The Balaban J connectivity index is 0.000000290. The molecule has 0 saturated heterocycles. The summed E-state index contributed by atoms with van der Waals surface area (Å²) in [4.78, 5) is 4.09. The number of rotatable bonds is 1. The summed E-state index contributed by atoms with van der Waals surface area (Å²) in [7, 11) is 0. The lowest BCUT2D eigenvalue weighted by atomic mass is 9.88. The van der Waals surface area contributed by atoms with E-state index in [9.17, 15) is 9.50 Å². The highest BCUT2D eigenvalue weighted by Gasteiger charge is 2.17. The first kappa shape index (κ1) is 16.1. The lowest BCUT2D eigenvalue weighted by molar-refractivity contribution is 0.346. The van der Waals surface area contributed by atoms with Crippen molar-refractivity contribution >= 4 is 16.7 Å². The quantitative estimate of drug-likeness (QED) is 0.708. The molecule has 0 atom stereocenters. The second-order valence-electron chi connectivity index (χ2n) is 6.00. The number of aromatic nitrogens is 3. The SMILES string of the molecule is CC1CCC1.Nc1nnc(-c2c(O)cccc2F)c2cccnc12. The average molecular weight is 326 g/mol. The van der Waals surface area contributed by atoms with Crippen molar-refractivity contribution in [2.24, 2.45) is 5.92 Å². The van der Waals surface area contributed by atoms with Crippen LogP contribution < -0.4 is 5.73 Å². The average Bonchev–Trinajstić information content (AvgIpc) is 2.56. The van der Waals surface area contributed by atoms with E-state index in [0.717, 1.165) is 5.92 Å². The maximum atomic E-state index is 13.9. The highest BCUT2D eigenvalue weighted by atomic mass is 19.1. The molecule has 0 amide bonds. The van der Waals surface area contributed by atoms with Gasteiger partial charge in [0.2, 0.25) is 0 Å². The zero-order valence-electron chi connectivity index (χ0n) is 13.4. The van der Waals surface area contributed by atoms with Crippen LogP contribution in [0, 0.1) is 11.7 Å². The number of phenolic OH excluding ortho intramolecular Hbond substituents is 1. The second kappa shape index (κ2) is 6.78. The van der Waals surface area contributed by atoms with E-state index < -0.39 is 5.82 Å². The molecule has 3 N–H and O–H groups in total. The standard InChI is InChI=1S/C13H9FN4O.C5H10/c14-8-4-1-5-9(19)10(8)11-7-3-2-6-16-12(7)13(15)18-17-11;1-5-3-2-4-5/h1-6,19H,(H2,15,18);5H,2-4H2,1H3. The van der Waals surface area contributed by atoms with Crippen LogP contribution in [0.5, 0.6) is 5.75 Å². The molecule has 0 unspecified atom stereocenters. The second-order valence-corrected chi connectivity index (χ2v) is 6.00. The van der Waals surface area contributed by atoms with Gasteiger partial charge >= 0.3 is 0 Å². The first-order valence-electron chi connectivity index (χ1n) is 7.92. The number of phenols is 1. The van der Waals surface area contributed by atoms with Crippen LogP contribution in [0.1, 0.15) is 26.2 Å². The summed E-state index contributed by atoms with van der Waals surface area (Å²) in [6, 6.07) is 7.44. The van der Waals surface area contributed by atoms with Gasteiger partial charge in [-0.05, 0) is 30.2 Å². The summed E-state index contributed by atoms with van der Waals surface area (Å²) in [6.07, 6.45) is 6.02. The smallest absolute Gasteiger partial charge is 0.172 e. The fourth-order valence-corrected chi connectivity index (χ4v) is 2.55. The zero-order chi connectivity index (χ0) is 17.1. The molecular formula is C18H19FN4O. The number of nitrogens with two attached hydrogens (primary N) is 1. The molecule has 1 saturated carbocycles. The van der Waals surface area contributed by atoms with E-state index in [1.165, 1.54) is 37.5 Å². The number of pyridine rings is 1. The third-order valence-electron chi connectivity index (χ3n) is 4.19. The molecule has 1 fully saturated rings. The van der Waals surface area contributed by atoms with Crippen molar-refractivity contribution in [2.45, 2.75) is 26.2 Å². The molecule has 0 spiro atoms. The minimum atomic E-state index is -0.579. The van der Waals surface area contributed by atoms with Crippen LogP contribution in [-0.2, 0) is 0 Å². The van der Waals surface area contributed by atoms with E-state index in [4.69, 9.17) is 5.73 Å². The Morgan fingerprint density at radius 3 is 2.54 bits per heavy atom. The Kier molecular flexibility index (Phi) is 4.55. The van der Waals surface area contributed by atoms with Crippen LogP contribution in [-0.4, -0.2) is 20.3 Å². The molecule has 0 radical (unpaired) electrons. The van der Waals surface area contributed by atoms with Crippen molar-refractivity contribution < 1.29 is 9.50 Å². The molecular weight excluding hydrogens is 307 g/mol. The van der Waals surface area contributed by atoms with Gasteiger partial charge in [-0.25, -0.2) is 4.39 Å². The maximum absolute atomic E-state index is 13.9. The highest BCUT2D eigenvalue weighted by molar-refractivity contribution is 5.97. The number of nitrogens with zero attached hydrogens (tertiary/aromatic N) is 3. The number of nitrogen functional groups attached to an aromatic ring is 1. The van der Waals surface area contributed by atoms with E-state index >= 15 is 0 Å². The van der Waals surface area contributed by atoms with Crippen LogP contribution in [0.2, 0.25) is 0 Å². The molecule has 0 aliphatic heterocycles. The Morgan fingerprint density at radius 2 is 1.92 bits per heavy atom.